The largest absolute Gasteiger partial charge is 0.329 e. The molecule has 1 heterocycles. The van der Waals surface area contributed by atoms with E-state index in [2.05, 4.69) is 67.0 Å². The Morgan fingerprint density at radius 2 is 1.95 bits per heavy atom. The lowest BCUT2D eigenvalue weighted by Crippen LogP contribution is -2.30. The van der Waals surface area contributed by atoms with Crippen LogP contribution in [0.3, 0.4) is 0 Å². The molecular weight excluding hydrogens is 394 g/mol. The number of hydrogen-bond donors (Lipinski definition) is 1. The van der Waals surface area contributed by atoms with Gasteiger partial charge in [-0.25, -0.2) is 0 Å². The standard InChI is InChI=1S/C16H19Br2N3/c1-11-4-3-5-13(20-11)10-21(2)16(9-19)12-6-7-14(17)15(18)8-12/h3-8,16H,9-10,19H2,1-2H3. The molecule has 21 heavy (non-hydrogen) atoms. The predicted octanol–water partition coefficient (Wildman–Crippen LogP) is 4.05. The van der Waals surface area contributed by atoms with Gasteiger partial charge >= 0.3 is 0 Å². The summed E-state index contributed by atoms with van der Waals surface area (Å²) in [5.74, 6) is 0. The highest BCUT2D eigenvalue weighted by atomic mass is 79.9. The molecule has 0 aliphatic carbocycles. The third-order valence-electron chi connectivity index (χ3n) is 3.44. The smallest absolute Gasteiger partial charge is 0.0547 e. The van der Waals surface area contributed by atoms with E-state index in [1.165, 1.54) is 5.56 Å². The molecule has 5 heteroatoms. The average molecular weight is 413 g/mol. The van der Waals surface area contributed by atoms with E-state index in [9.17, 15) is 0 Å². The van der Waals surface area contributed by atoms with Crippen molar-refractivity contribution < 1.29 is 0 Å². The van der Waals surface area contributed by atoms with Gasteiger partial charge in [0.15, 0.2) is 0 Å². The van der Waals surface area contributed by atoms with Crippen LogP contribution in [0, 0.1) is 6.92 Å². The van der Waals surface area contributed by atoms with Gasteiger partial charge in [-0.2, -0.15) is 0 Å². The maximum atomic E-state index is 5.99. The summed E-state index contributed by atoms with van der Waals surface area (Å²) in [6.45, 7) is 3.35. The van der Waals surface area contributed by atoms with Crippen LogP contribution in [-0.4, -0.2) is 23.5 Å². The molecule has 0 amide bonds. The number of nitrogens with two attached hydrogens (primary N) is 1. The Bertz CT molecular complexity index is 616. The van der Waals surface area contributed by atoms with E-state index in [0.717, 1.165) is 26.9 Å². The number of benzene rings is 1. The zero-order chi connectivity index (χ0) is 15.4. The summed E-state index contributed by atoms with van der Waals surface area (Å²) < 4.78 is 2.09. The van der Waals surface area contributed by atoms with Gasteiger partial charge in [0.25, 0.3) is 0 Å². The maximum absolute atomic E-state index is 5.99. The molecular formula is C16H19Br2N3. The van der Waals surface area contributed by atoms with Crippen molar-refractivity contribution >= 4 is 31.9 Å². The lowest BCUT2D eigenvalue weighted by atomic mass is 10.1. The van der Waals surface area contributed by atoms with Gasteiger partial charge in [-0.05, 0) is 75.7 Å². The summed E-state index contributed by atoms with van der Waals surface area (Å²) in [5.41, 5.74) is 9.29. The second-order valence-electron chi connectivity index (χ2n) is 5.11. The van der Waals surface area contributed by atoms with Gasteiger partial charge in [0, 0.05) is 33.8 Å². The van der Waals surface area contributed by atoms with Crippen molar-refractivity contribution in [3.63, 3.8) is 0 Å². The quantitative estimate of drug-likeness (QED) is 0.805. The lowest BCUT2D eigenvalue weighted by Gasteiger charge is -2.27. The van der Waals surface area contributed by atoms with Crippen molar-refractivity contribution in [3.05, 3.63) is 62.3 Å². The van der Waals surface area contributed by atoms with Crippen LogP contribution >= 0.6 is 31.9 Å². The molecule has 0 aliphatic rings. The van der Waals surface area contributed by atoms with Gasteiger partial charge < -0.3 is 5.73 Å². The average Bonchev–Trinajstić information content (AvgIpc) is 2.43. The molecule has 0 bridgehead atoms. The summed E-state index contributed by atoms with van der Waals surface area (Å²) in [4.78, 5) is 6.79. The first-order chi connectivity index (χ1) is 10.0. The minimum Gasteiger partial charge on any atom is -0.329 e. The van der Waals surface area contributed by atoms with Crippen molar-refractivity contribution in [2.24, 2.45) is 5.73 Å². The topological polar surface area (TPSA) is 42.1 Å². The van der Waals surface area contributed by atoms with E-state index in [4.69, 9.17) is 5.73 Å². The first-order valence-electron chi connectivity index (χ1n) is 6.79. The molecule has 0 saturated carbocycles. The molecule has 112 valence electrons. The zero-order valence-corrected chi connectivity index (χ0v) is 15.4. The summed E-state index contributed by atoms with van der Waals surface area (Å²) in [5, 5.41) is 0. The Morgan fingerprint density at radius 1 is 1.19 bits per heavy atom. The van der Waals surface area contributed by atoms with Crippen molar-refractivity contribution in [2.75, 3.05) is 13.6 Å². The van der Waals surface area contributed by atoms with Crippen LogP contribution < -0.4 is 5.73 Å². The molecule has 3 nitrogen and oxygen atoms in total. The van der Waals surface area contributed by atoms with Crippen LogP contribution in [0.4, 0.5) is 0 Å². The molecule has 0 spiro atoms. The van der Waals surface area contributed by atoms with Gasteiger partial charge in [-0.1, -0.05) is 12.1 Å². The predicted molar refractivity (Wildman–Crippen MR) is 94.1 cm³/mol. The second kappa shape index (κ2) is 7.49. The molecule has 0 radical (unpaired) electrons. The van der Waals surface area contributed by atoms with E-state index < -0.39 is 0 Å². The van der Waals surface area contributed by atoms with Crippen LogP contribution in [0.1, 0.15) is 23.0 Å². The fraction of sp³-hybridized carbons (Fsp3) is 0.312. The van der Waals surface area contributed by atoms with E-state index in [1.807, 2.05) is 25.1 Å². The number of rotatable bonds is 5. The number of likely N-dealkylation sites (N-methyl/N-ethyl adjacent to an activating group) is 1. The third kappa shape index (κ3) is 4.36. The van der Waals surface area contributed by atoms with E-state index in [1.54, 1.807) is 0 Å². The maximum Gasteiger partial charge on any atom is 0.0547 e. The summed E-state index contributed by atoms with van der Waals surface area (Å²) in [6.07, 6.45) is 0. The van der Waals surface area contributed by atoms with Gasteiger partial charge in [0.05, 0.1) is 5.69 Å². The number of pyridine rings is 1. The molecule has 1 aromatic heterocycles. The van der Waals surface area contributed by atoms with Crippen LogP contribution in [0.25, 0.3) is 0 Å². The minimum absolute atomic E-state index is 0.164. The molecule has 0 aliphatic heterocycles. The summed E-state index contributed by atoms with van der Waals surface area (Å²) >= 11 is 7.05. The SMILES string of the molecule is Cc1cccc(CN(C)C(CN)c2ccc(Br)c(Br)c2)n1. The Labute approximate surface area is 142 Å². The van der Waals surface area contributed by atoms with Gasteiger partial charge in [0.2, 0.25) is 0 Å². The number of nitrogens with zero attached hydrogens (tertiary/aromatic N) is 2. The fourth-order valence-electron chi connectivity index (χ4n) is 2.34. The van der Waals surface area contributed by atoms with Crippen molar-refractivity contribution in [2.45, 2.75) is 19.5 Å². The van der Waals surface area contributed by atoms with E-state index in [0.29, 0.717) is 6.54 Å². The van der Waals surface area contributed by atoms with Crippen LogP contribution in [0.15, 0.2) is 45.3 Å². The highest BCUT2D eigenvalue weighted by Gasteiger charge is 2.17. The number of aromatic nitrogens is 1. The van der Waals surface area contributed by atoms with Crippen molar-refractivity contribution in [1.29, 1.82) is 0 Å². The molecule has 2 rings (SSSR count). The molecule has 1 unspecified atom stereocenters. The van der Waals surface area contributed by atoms with E-state index >= 15 is 0 Å². The Morgan fingerprint density at radius 3 is 2.57 bits per heavy atom. The van der Waals surface area contributed by atoms with Crippen molar-refractivity contribution in [3.8, 4) is 0 Å². The third-order valence-corrected chi connectivity index (χ3v) is 5.32. The Hall–Kier alpha value is -0.750. The number of halogens is 2. The number of aryl methyl sites for hydroxylation is 1. The first kappa shape index (κ1) is 16.6. The summed E-state index contributed by atoms with van der Waals surface area (Å²) in [6, 6.07) is 12.5. The first-order valence-corrected chi connectivity index (χ1v) is 8.37. The molecule has 0 saturated heterocycles. The van der Waals surface area contributed by atoms with Gasteiger partial charge in [0.1, 0.15) is 0 Å². The monoisotopic (exact) mass is 411 g/mol. The van der Waals surface area contributed by atoms with Crippen LogP contribution in [-0.2, 0) is 6.54 Å². The van der Waals surface area contributed by atoms with Crippen LogP contribution in [0.2, 0.25) is 0 Å². The van der Waals surface area contributed by atoms with Gasteiger partial charge in [-0.15, -0.1) is 0 Å². The highest BCUT2D eigenvalue weighted by molar-refractivity contribution is 9.13. The second-order valence-corrected chi connectivity index (χ2v) is 6.82. The van der Waals surface area contributed by atoms with Crippen molar-refractivity contribution in [1.82, 2.24) is 9.88 Å². The van der Waals surface area contributed by atoms with Gasteiger partial charge in [-0.3, -0.25) is 9.88 Å². The van der Waals surface area contributed by atoms with E-state index in [-0.39, 0.29) is 6.04 Å². The minimum atomic E-state index is 0.164. The normalized spacial score (nSPS) is 12.7. The molecule has 1 aromatic carbocycles. The summed E-state index contributed by atoms with van der Waals surface area (Å²) in [7, 11) is 2.08. The molecule has 2 aromatic rings. The Balaban J connectivity index is 2.18. The molecule has 2 N–H and O–H groups in total. The molecule has 0 fully saturated rings. The Kier molecular flexibility index (Phi) is 5.93. The fourth-order valence-corrected chi connectivity index (χ4v) is 2.99. The molecule has 1 atom stereocenters. The highest BCUT2D eigenvalue weighted by Crippen LogP contribution is 2.28. The zero-order valence-electron chi connectivity index (χ0n) is 12.2. The lowest BCUT2D eigenvalue weighted by molar-refractivity contribution is 0.239. The van der Waals surface area contributed by atoms with Crippen LogP contribution in [0.5, 0.6) is 0 Å². The number of hydrogen-bond acceptors (Lipinski definition) is 3.